The summed E-state index contributed by atoms with van der Waals surface area (Å²) in [6.45, 7) is 0. The lowest BCUT2D eigenvalue weighted by Gasteiger charge is -2.03. The summed E-state index contributed by atoms with van der Waals surface area (Å²) in [5.41, 5.74) is 0.849. The topological polar surface area (TPSA) is 78.9 Å². The van der Waals surface area contributed by atoms with Crippen LogP contribution in [0.2, 0.25) is 0 Å². The number of rotatable bonds is 2. The molecule has 2 aromatic rings. The molecule has 0 unspecified atom stereocenters. The second-order valence-corrected chi connectivity index (χ2v) is 2.98. The number of hydrogen-bond acceptors (Lipinski definition) is 4. The van der Waals surface area contributed by atoms with E-state index in [2.05, 4.69) is 10.3 Å². The molecule has 1 N–H and O–H groups in total. The predicted octanol–water partition coefficient (Wildman–Crippen LogP) is 1.80. The zero-order valence-corrected chi connectivity index (χ0v) is 8.18. The zero-order valence-electron chi connectivity index (χ0n) is 8.18. The van der Waals surface area contributed by atoms with E-state index in [0.29, 0.717) is 11.3 Å². The molecule has 5 heteroatoms. The minimum absolute atomic E-state index is 0.104. The van der Waals surface area contributed by atoms with Gasteiger partial charge in [-0.15, -0.1) is 0 Å². The highest BCUT2D eigenvalue weighted by atomic mass is 16.3. The largest absolute Gasteiger partial charge is 0.438 e. The van der Waals surface area contributed by atoms with Gasteiger partial charge < -0.3 is 9.73 Å². The number of benzene rings is 1. The molecule has 1 aromatic heterocycles. The molecule has 16 heavy (non-hydrogen) atoms. The number of nitrogens with zero attached hydrogens (tertiary/aromatic N) is 2. The Morgan fingerprint density at radius 3 is 2.94 bits per heavy atom. The SMILES string of the molecule is N#Cc1ccccc1NC(=O)c1cnco1. The summed E-state index contributed by atoms with van der Waals surface area (Å²) in [6.07, 6.45) is 2.48. The fourth-order valence-electron chi connectivity index (χ4n) is 1.20. The first-order chi connectivity index (χ1) is 7.81. The first-order valence-corrected chi connectivity index (χ1v) is 4.50. The van der Waals surface area contributed by atoms with Gasteiger partial charge in [-0.3, -0.25) is 4.79 Å². The van der Waals surface area contributed by atoms with E-state index in [0.717, 1.165) is 0 Å². The van der Waals surface area contributed by atoms with Crippen molar-refractivity contribution in [1.82, 2.24) is 4.98 Å². The second-order valence-electron chi connectivity index (χ2n) is 2.98. The molecule has 2 rings (SSSR count). The number of amides is 1. The quantitative estimate of drug-likeness (QED) is 0.824. The Balaban J connectivity index is 2.22. The number of anilines is 1. The van der Waals surface area contributed by atoms with Crippen molar-refractivity contribution in [3.63, 3.8) is 0 Å². The van der Waals surface area contributed by atoms with E-state index in [-0.39, 0.29) is 5.76 Å². The molecule has 0 spiro atoms. The number of carbonyl (C=O) groups excluding carboxylic acids is 1. The van der Waals surface area contributed by atoms with Crippen molar-refractivity contribution in [3.8, 4) is 6.07 Å². The van der Waals surface area contributed by atoms with E-state index in [1.807, 2.05) is 6.07 Å². The summed E-state index contributed by atoms with van der Waals surface area (Å²) in [7, 11) is 0. The summed E-state index contributed by atoms with van der Waals surface area (Å²) in [4.78, 5) is 15.2. The monoisotopic (exact) mass is 213 g/mol. The highest BCUT2D eigenvalue weighted by molar-refractivity contribution is 6.02. The third kappa shape index (κ3) is 1.91. The van der Waals surface area contributed by atoms with Gasteiger partial charge in [0.15, 0.2) is 6.39 Å². The molecule has 1 aromatic carbocycles. The van der Waals surface area contributed by atoms with Gasteiger partial charge in [-0.25, -0.2) is 4.98 Å². The van der Waals surface area contributed by atoms with Gasteiger partial charge in [0.25, 0.3) is 5.91 Å². The summed E-state index contributed by atoms with van der Waals surface area (Å²) in [5, 5.41) is 11.4. The van der Waals surface area contributed by atoms with Crippen molar-refractivity contribution in [3.05, 3.63) is 48.2 Å². The Hall–Kier alpha value is -2.61. The number of nitrogens with one attached hydrogen (secondary N) is 1. The van der Waals surface area contributed by atoms with Crippen LogP contribution in [0.4, 0.5) is 5.69 Å². The van der Waals surface area contributed by atoms with E-state index in [9.17, 15) is 4.79 Å². The number of nitriles is 1. The molecule has 0 saturated heterocycles. The lowest BCUT2D eigenvalue weighted by atomic mass is 10.2. The van der Waals surface area contributed by atoms with Gasteiger partial charge in [-0.2, -0.15) is 5.26 Å². The molecule has 0 saturated carbocycles. The maximum Gasteiger partial charge on any atom is 0.293 e. The minimum atomic E-state index is -0.430. The second kappa shape index (κ2) is 4.28. The van der Waals surface area contributed by atoms with Crippen LogP contribution in [0.15, 0.2) is 41.3 Å². The number of hydrogen-bond donors (Lipinski definition) is 1. The van der Waals surface area contributed by atoms with E-state index in [1.54, 1.807) is 24.3 Å². The summed E-state index contributed by atoms with van der Waals surface area (Å²) >= 11 is 0. The van der Waals surface area contributed by atoms with Crippen LogP contribution in [0.25, 0.3) is 0 Å². The molecule has 0 aliphatic heterocycles. The lowest BCUT2D eigenvalue weighted by molar-refractivity contribution is 0.0996. The molecule has 0 radical (unpaired) electrons. The van der Waals surface area contributed by atoms with Gasteiger partial charge in [0.2, 0.25) is 5.76 Å². The van der Waals surface area contributed by atoms with Gasteiger partial charge in [0.05, 0.1) is 17.4 Å². The fraction of sp³-hybridized carbons (Fsp3) is 0. The predicted molar refractivity (Wildman–Crippen MR) is 55.6 cm³/mol. The van der Waals surface area contributed by atoms with Crippen LogP contribution in [0.5, 0.6) is 0 Å². The van der Waals surface area contributed by atoms with Crippen LogP contribution in [-0.2, 0) is 0 Å². The number of aromatic nitrogens is 1. The van der Waals surface area contributed by atoms with Gasteiger partial charge in [0.1, 0.15) is 6.07 Å². The Morgan fingerprint density at radius 2 is 2.25 bits per heavy atom. The average Bonchev–Trinajstić information content (AvgIpc) is 2.83. The smallest absolute Gasteiger partial charge is 0.293 e. The molecular weight excluding hydrogens is 206 g/mol. The van der Waals surface area contributed by atoms with E-state index >= 15 is 0 Å². The molecule has 5 nitrogen and oxygen atoms in total. The summed E-state index contributed by atoms with van der Waals surface area (Å²) in [5.74, 6) is -0.326. The summed E-state index contributed by atoms with van der Waals surface area (Å²) < 4.78 is 4.83. The number of carbonyl (C=O) groups is 1. The Bertz CT molecular complexity index is 541. The Kier molecular flexibility index (Phi) is 2.65. The molecule has 0 fully saturated rings. The van der Waals surface area contributed by atoms with Gasteiger partial charge >= 0.3 is 0 Å². The van der Waals surface area contributed by atoms with Crippen molar-refractivity contribution in [2.75, 3.05) is 5.32 Å². The fourth-order valence-corrected chi connectivity index (χ4v) is 1.20. The molecule has 1 heterocycles. The maximum absolute atomic E-state index is 11.6. The highest BCUT2D eigenvalue weighted by Crippen LogP contribution is 2.14. The molecule has 0 aliphatic rings. The van der Waals surface area contributed by atoms with Crippen LogP contribution in [0, 0.1) is 11.3 Å². The van der Waals surface area contributed by atoms with Crippen LogP contribution in [0.3, 0.4) is 0 Å². The van der Waals surface area contributed by atoms with Crippen LogP contribution in [0.1, 0.15) is 16.1 Å². The number of para-hydroxylation sites is 1. The molecule has 78 valence electrons. The maximum atomic E-state index is 11.6. The molecule has 1 amide bonds. The van der Waals surface area contributed by atoms with Crippen molar-refractivity contribution >= 4 is 11.6 Å². The van der Waals surface area contributed by atoms with Gasteiger partial charge in [0, 0.05) is 0 Å². The lowest BCUT2D eigenvalue weighted by Crippen LogP contribution is -2.11. The van der Waals surface area contributed by atoms with Gasteiger partial charge in [-0.1, -0.05) is 12.1 Å². The van der Waals surface area contributed by atoms with Crippen molar-refractivity contribution in [2.24, 2.45) is 0 Å². The normalized spacial score (nSPS) is 9.44. The van der Waals surface area contributed by atoms with Crippen molar-refractivity contribution in [2.45, 2.75) is 0 Å². The standard InChI is InChI=1S/C11H7N3O2/c12-5-8-3-1-2-4-9(8)14-11(15)10-6-13-7-16-10/h1-4,6-7H,(H,14,15). The van der Waals surface area contributed by atoms with E-state index < -0.39 is 5.91 Å². The first-order valence-electron chi connectivity index (χ1n) is 4.50. The van der Waals surface area contributed by atoms with E-state index in [4.69, 9.17) is 9.68 Å². The third-order valence-electron chi connectivity index (χ3n) is 1.95. The van der Waals surface area contributed by atoms with Crippen molar-refractivity contribution < 1.29 is 9.21 Å². The third-order valence-corrected chi connectivity index (χ3v) is 1.95. The molecular formula is C11H7N3O2. The number of oxazole rings is 1. The first kappa shape index (κ1) is 9.93. The average molecular weight is 213 g/mol. The molecule has 0 aliphatic carbocycles. The minimum Gasteiger partial charge on any atom is -0.438 e. The van der Waals surface area contributed by atoms with Crippen LogP contribution in [-0.4, -0.2) is 10.9 Å². The molecule has 0 atom stereocenters. The van der Waals surface area contributed by atoms with Crippen LogP contribution >= 0.6 is 0 Å². The highest BCUT2D eigenvalue weighted by Gasteiger charge is 2.11. The van der Waals surface area contributed by atoms with E-state index in [1.165, 1.54) is 12.6 Å². The Labute approximate surface area is 91.3 Å². The van der Waals surface area contributed by atoms with Crippen LogP contribution < -0.4 is 5.32 Å². The Morgan fingerprint density at radius 1 is 1.44 bits per heavy atom. The molecule has 0 bridgehead atoms. The van der Waals surface area contributed by atoms with Crippen molar-refractivity contribution in [1.29, 1.82) is 5.26 Å². The summed E-state index contributed by atoms with van der Waals surface area (Å²) in [6, 6.07) is 8.71. The van der Waals surface area contributed by atoms with Gasteiger partial charge in [-0.05, 0) is 12.1 Å². The zero-order chi connectivity index (χ0) is 11.4.